The smallest absolute Gasteiger partial charge is 0.346 e. The maximum atomic E-state index is 11.5. The summed E-state index contributed by atoms with van der Waals surface area (Å²) < 4.78 is 5.50. The largest absolute Gasteiger partial charge is 0.394 e. The number of benzene rings is 1. The van der Waals surface area contributed by atoms with Gasteiger partial charge < -0.3 is 20.3 Å². The standard InChI is InChI=1S/C15H17N3O4/c19-8-10-6-12(20)14(22-10)17-13-11(7-16-15(21)18-13)9-4-2-1-3-5-9/h1-5,7,10,12,14,19-20H,6,8H2,(H2,16,17,18,21)/t10-,12+,14+/m0/s1. The Morgan fingerprint density at radius 1 is 1.36 bits per heavy atom. The Morgan fingerprint density at radius 3 is 2.82 bits per heavy atom. The van der Waals surface area contributed by atoms with E-state index >= 15 is 0 Å². The number of nitrogens with zero attached hydrogens (tertiary/aromatic N) is 1. The molecule has 1 aromatic carbocycles. The third kappa shape index (κ3) is 3.01. The lowest BCUT2D eigenvalue weighted by Crippen LogP contribution is -2.31. The van der Waals surface area contributed by atoms with Crippen LogP contribution in [0.1, 0.15) is 6.42 Å². The third-order valence-corrected chi connectivity index (χ3v) is 3.58. The molecular formula is C15H17N3O4. The number of aromatic nitrogens is 2. The van der Waals surface area contributed by atoms with Gasteiger partial charge in [0, 0.05) is 18.2 Å². The van der Waals surface area contributed by atoms with Crippen LogP contribution < -0.4 is 11.0 Å². The molecule has 1 aromatic heterocycles. The highest BCUT2D eigenvalue weighted by atomic mass is 16.5. The first kappa shape index (κ1) is 14.7. The Labute approximate surface area is 126 Å². The summed E-state index contributed by atoms with van der Waals surface area (Å²) in [5.74, 6) is 0.425. The fraction of sp³-hybridized carbons (Fsp3) is 0.333. The Kier molecular flexibility index (Phi) is 4.19. The summed E-state index contributed by atoms with van der Waals surface area (Å²) in [6.45, 7) is -0.159. The summed E-state index contributed by atoms with van der Waals surface area (Å²) >= 11 is 0. The van der Waals surface area contributed by atoms with Gasteiger partial charge in [0.1, 0.15) is 11.9 Å². The van der Waals surface area contributed by atoms with E-state index in [1.54, 1.807) is 0 Å². The van der Waals surface area contributed by atoms with Crippen molar-refractivity contribution >= 4 is 5.82 Å². The van der Waals surface area contributed by atoms with Crippen LogP contribution >= 0.6 is 0 Å². The van der Waals surface area contributed by atoms with E-state index in [0.717, 1.165) is 5.56 Å². The molecule has 2 heterocycles. The highest BCUT2D eigenvalue weighted by Gasteiger charge is 2.34. The molecule has 0 amide bonds. The van der Waals surface area contributed by atoms with E-state index in [2.05, 4.69) is 15.3 Å². The van der Waals surface area contributed by atoms with Crippen molar-refractivity contribution in [1.82, 2.24) is 9.97 Å². The Morgan fingerprint density at radius 2 is 2.14 bits per heavy atom. The molecule has 0 radical (unpaired) electrons. The molecule has 0 spiro atoms. The van der Waals surface area contributed by atoms with Gasteiger partial charge in [0.2, 0.25) is 0 Å². The molecule has 22 heavy (non-hydrogen) atoms. The Hall–Kier alpha value is -2.22. The average molecular weight is 303 g/mol. The minimum Gasteiger partial charge on any atom is -0.394 e. The summed E-state index contributed by atoms with van der Waals surface area (Å²) in [5.41, 5.74) is 1.08. The van der Waals surface area contributed by atoms with E-state index in [-0.39, 0.29) is 6.61 Å². The number of anilines is 1. The lowest BCUT2D eigenvalue weighted by molar-refractivity contribution is 0.00516. The van der Waals surface area contributed by atoms with E-state index in [0.29, 0.717) is 17.8 Å². The molecule has 4 N–H and O–H groups in total. The molecule has 1 aliphatic rings. The van der Waals surface area contributed by atoms with Gasteiger partial charge in [-0.1, -0.05) is 30.3 Å². The van der Waals surface area contributed by atoms with E-state index in [9.17, 15) is 9.90 Å². The van der Waals surface area contributed by atoms with Crippen LogP contribution in [0.25, 0.3) is 11.1 Å². The molecule has 3 rings (SSSR count). The number of aromatic amines is 1. The normalized spacial score (nSPS) is 24.4. The fourth-order valence-corrected chi connectivity index (χ4v) is 2.48. The molecule has 7 heteroatoms. The van der Waals surface area contributed by atoms with E-state index in [4.69, 9.17) is 9.84 Å². The quantitative estimate of drug-likeness (QED) is 0.648. The maximum absolute atomic E-state index is 11.5. The van der Waals surface area contributed by atoms with Gasteiger partial charge in [0.15, 0.2) is 6.23 Å². The van der Waals surface area contributed by atoms with E-state index in [1.807, 2.05) is 30.3 Å². The minimum atomic E-state index is -0.766. The molecule has 0 aliphatic carbocycles. The number of nitrogens with one attached hydrogen (secondary N) is 2. The van der Waals surface area contributed by atoms with Crippen LogP contribution in [-0.2, 0) is 4.74 Å². The molecule has 0 saturated carbocycles. The van der Waals surface area contributed by atoms with Crippen LogP contribution in [0.2, 0.25) is 0 Å². The molecular weight excluding hydrogens is 286 g/mol. The number of hydrogen-bond donors (Lipinski definition) is 4. The monoisotopic (exact) mass is 303 g/mol. The van der Waals surface area contributed by atoms with Crippen LogP contribution in [0.5, 0.6) is 0 Å². The van der Waals surface area contributed by atoms with Crippen molar-refractivity contribution in [1.29, 1.82) is 0 Å². The van der Waals surface area contributed by atoms with Gasteiger partial charge >= 0.3 is 5.69 Å². The first-order valence-corrected chi connectivity index (χ1v) is 7.03. The topological polar surface area (TPSA) is 107 Å². The second-order valence-electron chi connectivity index (χ2n) is 5.15. The van der Waals surface area contributed by atoms with Gasteiger partial charge in [-0.05, 0) is 5.56 Å². The van der Waals surface area contributed by atoms with Crippen molar-refractivity contribution < 1.29 is 14.9 Å². The number of rotatable bonds is 4. The van der Waals surface area contributed by atoms with Crippen molar-refractivity contribution in [3.8, 4) is 11.1 Å². The predicted molar refractivity (Wildman–Crippen MR) is 80.3 cm³/mol. The summed E-state index contributed by atoms with van der Waals surface area (Å²) in [5, 5.41) is 22.1. The van der Waals surface area contributed by atoms with Crippen LogP contribution in [0.15, 0.2) is 41.3 Å². The maximum Gasteiger partial charge on any atom is 0.346 e. The molecule has 1 fully saturated rings. The molecule has 0 unspecified atom stereocenters. The highest BCUT2D eigenvalue weighted by molar-refractivity contribution is 5.74. The Bertz CT molecular complexity index is 689. The zero-order valence-corrected chi connectivity index (χ0v) is 11.8. The van der Waals surface area contributed by atoms with Crippen molar-refractivity contribution in [2.75, 3.05) is 11.9 Å². The third-order valence-electron chi connectivity index (χ3n) is 3.58. The number of aliphatic hydroxyl groups excluding tert-OH is 2. The molecule has 7 nitrogen and oxygen atoms in total. The van der Waals surface area contributed by atoms with Gasteiger partial charge in [0.25, 0.3) is 0 Å². The van der Waals surface area contributed by atoms with Crippen molar-refractivity contribution in [2.24, 2.45) is 0 Å². The molecule has 0 bridgehead atoms. The first-order chi connectivity index (χ1) is 10.7. The highest BCUT2D eigenvalue weighted by Crippen LogP contribution is 2.27. The zero-order chi connectivity index (χ0) is 15.5. The number of H-pyrrole nitrogens is 1. The van der Waals surface area contributed by atoms with Gasteiger partial charge in [-0.3, -0.25) is 4.98 Å². The number of hydrogen-bond acceptors (Lipinski definition) is 6. The van der Waals surface area contributed by atoms with Crippen LogP contribution in [0, 0.1) is 0 Å². The lowest BCUT2D eigenvalue weighted by atomic mass is 10.1. The van der Waals surface area contributed by atoms with Crippen molar-refractivity contribution in [2.45, 2.75) is 24.9 Å². The predicted octanol–water partition coefficient (Wildman–Crippen LogP) is 0.317. The molecule has 1 aliphatic heterocycles. The second-order valence-corrected chi connectivity index (χ2v) is 5.15. The second kappa shape index (κ2) is 6.27. The Balaban J connectivity index is 1.90. The van der Waals surface area contributed by atoms with E-state index < -0.39 is 24.1 Å². The molecule has 3 atom stereocenters. The molecule has 1 saturated heterocycles. The minimum absolute atomic E-state index is 0.159. The SMILES string of the molecule is O=c1ncc(-c2ccccc2)c(N[C@@H]2O[C@H](CO)C[C@H]2O)[nH]1. The van der Waals surface area contributed by atoms with Gasteiger partial charge in [-0.2, -0.15) is 0 Å². The summed E-state index contributed by atoms with van der Waals surface area (Å²) in [7, 11) is 0. The summed E-state index contributed by atoms with van der Waals surface area (Å²) in [6, 6.07) is 9.44. The molecule has 2 aromatic rings. The fourth-order valence-electron chi connectivity index (χ4n) is 2.48. The first-order valence-electron chi connectivity index (χ1n) is 7.03. The molecule has 116 valence electrons. The van der Waals surface area contributed by atoms with Crippen LogP contribution in [-0.4, -0.2) is 45.2 Å². The lowest BCUT2D eigenvalue weighted by Gasteiger charge is -2.19. The number of ether oxygens (including phenoxy) is 1. The summed E-state index contributed by atoms with van der Waals surface area (Å²) in [4.78, 5) is 17.9. The average Bonchev–Trinajstić information content (AvgIpc) is 2.89. The van der Waals surface area contributed by atoms with Crippen LogP contribution in [0.3, 0.4) is 0 Å². The summed E-state index contributed by atoms with van der Waals surface area (Å²) in [6.07, 6.45) is -0.0674. The van der Waals surface area contributed by atoms with Gasteiger partial charge in [-0.25, -0.2) is 9.78 Å². The van der Waals surface area contributed by atoms with Gasteiger partial charge in [-0.15, -0.1) is 0 Å². The van der Waals surface area contributed by atoms with Crippen LogP contribution in [0.4, 0.5) is 5.82 Å². The van der Waals surface area contributed by atoms with Crippen molar-refractivity contribution in [3.05, 3.63) is 47.0 Å². The van der Waals surface area contributed by atoms with Gasteiger partial charge in [0.05, 0.1) is 12.7 Å². The van der Waals surface area contributed by atoms with E-state index in [1.165, 1.54) is 6.20 Å². The van der Waals surface area contributed by atoms with Crippen molar-refractivity contribution in [3.63, 3.8) is 0 Å². The zero-order valence-electron chi connectivity index (χ0n) is 11.8. The number of aliphatic hydroxyl groups is 2.